The minimum Gasteiger partial charge on any atom is -0.383 e. The molecule has 0 aliphatic heterocycles. The van der Waals surface area contributed by atoms with E-state index >= 15 is 0 Å². The molecule has 0 bridgehead atoms. The smallest absolute Gasteiger partial charge is 0.270 e. The lowest BCUT2D eigenvalue weighted by molar-refractivity contribution is 0.0958. The lowest BCUT2D eigenvalue weighted by Crippen LogP contribution is -2.45. The first-order chi connectivity index (χ1) is 14.3. The quantitative estimate of drug-likeness (QED) is 0.607. The Morgan fingerprint density at radius 2 is 1.76 bits per heavy atom. The largest absolute Gasteiger partial charge is 0.383 e. The zero-order valence-electron chi connectivity index (χ0n) is 17.2. The molecule has 0 amide bonds. The second-order valence-corrected chi connectivity index (χ2v) is 7.74. The zero-order chi connectivity index (χ0) is 20.1. The second-order valence-electron chi connectivity index (χ2n) is 7.74. The van der Waals surface area contributed by atoms with Gasteiger partial charge >= 0.3 is 0 Å². The van der Waals surface area contributed by atoms with Crippen molar-refractivity contribution in [3.05, 3.63) is 71.8 Å². The molecule has 1 heterocycles. The van der Waals surface area contributed by atoms with Gasteiger partial charge in [-0.1, -0.05) is 90.6 Å². The Labute approximate surface area is 172 Å². The molecule has 1 aromatic heterocycles. The van der Waals surface area contributed by atoms with Crippen LogP contribution in [0.3, 0.4) is 0 Å². The molecule has 1 fully saturated rings. The zero-order valence-corrected chi connectivity index (χ0v) is 17.2. The van der Waals surface area contributed by atoms with Gasteiger partial charge in [-0.25, -0.2) is 0 Å². The maximum Gasteiger partial charge on any atom is 0.270 e. The Hall–Kier alpha value is -2.89. The van der Waals surface area contributed by atoms with Crippen LogP contribution in [0, 0.1) is 5.92 Å². The molecule has 6 nitrogen and oxygen atoms in total. The van der Waals surface area contributed by atoms with E-state index in [0.29, 0.717) is 23.8 Å². The monoisotopic (exact) mass is 391 g/mol. The average molecular weight is 392 g/mol. The number of nitrogens with zero attached hydrogens (tertiary/aromatic N) is 5. The summed E-state index contributed by atoms with van der Waals surface area (Å²) in [5, 5.41) is 12.8. The van der Waals surface area contributed by atoms with E-state index in [-0.39, 0.29) is 0 Å². The van der Waals surface area contributed by atoms with E-state index in [2.05, 4.69) is 81.8 Å². The van der Waals surface area contributed by atoms with Crippen LogP contribution in [-0.2, 0) is 6.54 Å². The highest BCUT2D eigenvalue weighted by atomic mass is 16.7. The van der Waals surface area contributed by atoms with Crippen molar-refractivity contribution in [3.8, 4) is 0 Å². The molecule has 3 atom stereocenters. The van der Waals surface area contributed by atoms with Gasteiger partial charge in [-0.2, -0.15) is 0 Å². The van der Waals surface area contributed by atoms with E-state index < -0.39 is 0 Å². The highest BCUT2D eigenvalue weighted by Crippen LogP contribution is 2.43. The van der Waals surface area contributed by atoms with E-state index in [1.807, 2.05) is 6.07 Å². The predicted molar refractivity (Wildman–Crippen MR) is 114 cm³/mol. The maximum absolute atomic E-state index is 5.14. The Balaban J connectivity index is 1.74. The predicted octanol–water partition coefficient (Wildman–Crippen LogP) is 4.10. The molecule has 29 heavy (non-hydrogen) atoms. The third-order valence-electron chi connectivity index (χ3n) is 6.11. The molecular formula is C23H29N5O. The standard InChI is InChI=1S/C23H29N5O/c1-3-19-15-10-16-21(22(19)20-13-8-5-9-14-20)27(17-18-11-6-4-7-12-18)23-24-26-28(25-23)29-2/h4-9,11-14,19,21-22H,3,10,15-17H2,1-2H3. The summed E-state index contributed by atoms with van der Waals surface area (Å²) in [4.78, 5) is 8.66. The summed E-state index contributed by atoms with van der Waals surface area (Å²) < 4.78 is 0. The number of hydrogen-bond acceptors (Lipinski definition) is 5. The van der Waals surface area contributed by atoms with E-state index in [1.54, 1.807) is 7.11 Å². The minimum atomic E-state index is 0.311. The van der Waals surface area contributed by atoms with Crippen molar-refractivity contribution in [1.29, 1.82) is 0 Å². The van der Waals surface area contributed by atoms with Gasteiger partial charge in [-0.15, -0.1) is 0 Å². The Morgan fingerprint density at radius 3 is 2.41 bits per heavy atom. The van der Waals surface area contributed by atoms with Crippen LogP contribution in [0.1, 0.15) is 49.7 Å². The molecule has 4 rings (SSSR count). The summed E-state index contributed by atoms with van der Waals surface area (Å²) in [5.41, 5.74) is 2.65. The molecule has 0 radical (unpaired) electrons. The third kappa shape index (κ3) is 4.26. The molecule has 152 valence electrons. The molecule has 1 saturated carbocycles. The molecule has 6 heteroatoms. The van der Waals surface area contributed by atoms with Crippen molar-refractivity contribution < 1.29 is 4.84 Å². The van der Waals surface area contributed by atoms with Crippen molar-refractivity contribution >= 4 is 5.95 Å². The lowest BCUT2D eigenvalue weighted by atomic mass is 9.70. The van der Waals surface area contributed by atoms with Gasteiger partial charge in [0.2, 0.25) is 0 Å². The fourth-order valence-electron chi connectivity index (χ4n) is 4.74. The van der Waals surface area contributed by atoms with E-state index in [4.69, 9.17) is 4.84 Å². The van der Waals surface area contributed by atoms with Crippen LogP contribution in [-0.4, -0.2) is 33.5 Å². The van der Waals surface area contributed by atoms with Gasteiger partial charge in [0, 0.05) is 23.5 Å². The first-order valence-corrected chi connectivity index (χ1v) is 10.5. The molecule has 3 unspecified atom stereocenters. The van der Waals surface area contributed by atoms with Gasteiger partial charge in [0.05, 0.1) is 0 Å². The van der Waals surface area contributed by atoms with Gasteiger partial charge in [-0.05, 0) is 35.1 Å². The van der Waals surface area contributed by atoms with E-state index in [9.17, 15) is 0 Å². The number of aromatic nitrogens is 4. The van der Waals surface area contributed by atoms with Crippen LogP contribution in [0.2, 0.25) is 0 Å². The number of rotatable bonds is 7. The van der Waals surface area contributed by atoms with Crippen molar-refractivity contribution in [3.63, 3.8) is 0 Å². The topological polar surface area (TPSA) is 56.1 Å². The van der Waals surface area contributed by atoms with E-state index in [0.717, 1.165) is 13.0 Å². The third-order valence-corrected chi connectivity index (χ3v) is 6.11. The van der Waals surface area contributed by atoms with Gasteiger partial charge in [0.15, 0.2) is 0 Å². The van der Waals surface area contributed by atoms with Gasteiger partial charge in [0.1, 0.15) is 7.11 Å². The molecule has 1 aliphatic carbocycles. The lowest BCUT2D eigenvalue weighted by Gasteiger charge is -2.44. The second kappa shape index (κ2) is 9.07. The Morgan fingerprint density at radius 1 is 1.03 bits per heavy atom. The summed E-state index contributed by atoms with van der Waals surface area (Å²) in [6.45, 7) is 3.06. The van der Waals surface area contributed by atoms with Crippen LogP contribution in [0.15, 0.2) is 60.7 Å². The van der Waals surface area contributed by atoms with Crippen molar-refractivity contribution in [2.24, 2.45) is 5.92 Å². The summed E-state index contributed by atoms with van der Waals surface area (Å²) in [5.74, 6) is 1.71. The SMILES string of the molecule is CCC1CCCC(N(Cc2ccccc2)c2nnn(OC)n2)C1c1ccccc1. The molecule has 1 aliphatic rings. The van der Waals surface area contributed by atoms with Crippen LogP contribution in [0.4, 0.5) is 5.95 Å². The van der Waals surface area contributed by atoms with Crippen LogP contribution < -0.4 is 9.74 Å². The van der Waals surface area contributed by atoms with Crippen LogP contribution >= 0.6 is 0 Å². The van der Waals surface area contributed by atoms with Crippen LogP contribution in [0.5, 0.6) is 0 Å². The van der Waals surface area contributed by atoms with Crippen molar-refractivity contribution in [2.75, 3.05) is 12.0 Å². The molecule has 0 spiro atoms. The molecule has 2 aromatic carbocycles. The number of hydrogen-bond donors (Lipinski definition) is 0. The van der Waals surface area contributed by atoms with Crippen molar-refractivity contribution in [2.45, 2.75) is 51.1 Å². The number of tetrazole rings is 1. The van der Waals surface area contributed by atoms with E-state index in [1.165, 1.54) is 35.3 Å². The highest BCUT2D eigenvalue weighted by Gasteiger charge is 2.38. The summed E-state index contributed by atoms with van der Waals surface area (Å²) >= 11 is 0. The van der Waals surface area contributed by atoms with Crippen molar-refractivity contribution in [1.82, 2.24) is 20.4 Å². The van der Waals surface area contributed by atoms with Gasteiger partial charge in [0.25, 0.3) is 5.95 Å². The average Bonchev–Trinajstić information content (AvgIpc) is 3.27. The Bertz CT molecular complexity index is 883. The number of benzene rings is 2. The number of anilines is 1. The summed E-state index contributed by atoms with van der Waals surface area (Å²) in [7, 11) is 1.55. The highest BCUT2D eigenvalue weighted by molar-refractivity contribution is 5.36. The summed E-state index contributed by atoms with van der Waals surface area (Å²) in [6.07, 6.45) is 4.78. The maximum atomic E-state index is 5.14. The molecule has 0 saturated heterocycles. The fourth-order valence-corrected chi connectivity index (χ4v) is 4.74. The van der Waals surface area contributed by atoms with Gasteiger partial charge in [-0.3, -0.25) is 0 Å². The molecular weight excluding hydrogens is 362 g/mol. The normalized spacial score (nSPS) is 21.7. The minimum absolute atomic E-state index is 0.311. The van der Waals surface area contributed by atoms with Gasteiger partial charge < -0.3 is 9.74 Å². The first kappa shape index (κ1) is 19.4. The summed E-state index contributed by atoms with van der Waals surface area (Å²) in [6, 6.07) is 21.8. The Kier molecular flexibility index (Phi) is 6.08. The van der Waals surface area contributed by atoms with Crippen LogP contribution in [0.25, 0.3) is 0 Å². The first-order valence-electron chi connectivity index (χ1n) is 10.5. The molecule has 0 N–H and O–H groups in total. The fraction of sp³-hybridized carbons (Fsp3) is 0.435. The molecule has 3 aromatic rings.